The lowest BCUT2D eigenvalue weighted by Crippen LogP contribution is -2.39. The van der Waals surface area contributed by atoms with Crippen LogP contribution in [0.2, 0.25) is 0 Å². The Labute approximate surface area is 172 Å². The second-order valence-electron chi connectivity index (χ2n) is 7.25. The van der Waals surface area contributed by atoms with E-state index in [9.17, 15) is 5.11 Å². The predicted molar refractivity (Wildman–Crippen MR) is 112 cm³/mol. The van der Waals surface area contributed by atoms with E-state index in [1.165, 1.54) is 11.1 Å². The van der Waals surface area contributed by atoms with Crippen molar-refractivity contribution in [2.24, 2.45) is 0 Å². The molecule has 1 N–H and O–H groups in total. The molecule has 6 heteroatoms. The highest BCUT2D eigenvalue weighted by molar-refractivity contribution is 5.85. The fourth-order valence-corrected chi connectivity index (χ4v) is 4.69. The van der Waals surface area contributed by atoms with Crippen molar-refractivity contribution in [2.45, 2.75) is 32.2 Å². The maximum absolute atomic E-state index is 10.3. The average molecular weight is 406 g/mol. The molecule has 0 fully saturated rings. The second-order valence-corrected chi connectivity index (χ2v) is 7.25. The second kappa shape index (κ2) is 8.10. The first kappa shape index (κ1) is 20.6. The zero-order valence-corrected chi connectivity index (χ0v) is 17.7. The number of fused-ring (bicyclic) bond motifs is 2. The van der Waals surface area contributed by atoms with Gasteiger partial charge in [0.15, 0.2) is 23.0 Å². The molecule has 0 unspecified atom stereocenters. The molecule has 152 valence electrons. The molecule has 2 aromatic carbocycles. The van der Waals surface area contributed by atoms with E-state index in [0.29, 0.717) is 11.8 Å². The molecular formula is C22H28ClNO4. The van der Waals surface area contributed by atoms with Crippen molar-refractivity contribution in [3.05, 3.63) is 34.9 Å². The Balaban J connectivity index is 0.00000225. The molecule has 28 heavy (non-hydrogen) atoms. The third kappa shape index (κ3) is 3.07. The standard InChI is InChI=1S/C22H27NO4.ClH/c1-5-7-23-8-6-13-11-19(26-3)22(27-4)21-15-12-18(25-2)17(24)10-14(15)9-16(23)20(13)21;/h10-12,16,24H,5-9H2,1-4H3;1H/t16-;/m0./s1. The minimum atomic E-state index is 0. The van der Waals surface area contributed by atoms with E-state index in [4.69, 9.17) is 14.2 Å². The lowest BCUT2D eigenvalue weighted by Gasteiger charge is -2.42. The van der Waals surface area contributed by atoms with Crippen molar-refractivity contribution < 1.29 is 19.3 Å². The zero-order valence-electron chi connectivity index (χ0n) is 16.9. The van der Waals surface area contributed by atoms with E-state index in [1.807, 2.05) is 12.1 Å². The quantitative estimate of drug-likeness (QED) is 0.800. The van der Waals surface area contributed by atoms with Crippen molar-refractivity contribution in [1.29, 1.82) is 0 Å². The van der Waals surface area contributed by atoms with Crippen molar-refractivity contribution >= 4 is 12.4 Å². The molecule has 1 atom stereocenters. The summed E-state index contributed by atoms with van der Waals surface area (Å²) >= 11 is 0. The molecule has 0 saturated heterocycles. The maximum Gasteiger partial charge on any atom is 0.168 e. The summed E-state index contributed by atoms with van der Waals surface area (Å²) in [5.74, 6) is 2.17. The van der Waals surface area contributed by atoms with E-state index in [2.05, 4.69) is 17.9 Å². The van der Waals surface area contributed by atoms with Gasteiger partial charge in [0.2, 0.25) is 0 Å². The molecule has 0 bridgehead atoms. The Bertz CT molecular complexity index is 884. The fourth-order valence-electron chi connectivity index (χ4n) is 4.69. The molecule has 4 rings (SSSR count). The molecule has 0 radical (unpaired) electrons. The van der Waals surface area contributed by atoms with Crippen molar-refractivity contribution in [3.63, 3.8) is 0 Å². The molecular weight excluding hydrogens is 378 g/mol. The number of ether oxygens (including phenoxy) is 3. The molecule has 1 aliphatic heterocycles. The molecule has 0 amide bonds. The summed E-state index contributed by atoms with van der Waals surface area (Å²) in [6, 6.07) is 6.20. The molecule has 1 aliphatic carbocycles. The first-order chi connectivity index (χ1) is 13.1. The van der Waals surface area contributed by atoms with Crippen LogP contribution in [-0.4, -0.2) is 44.4 Å². The van der Waals surface area contributed by atoms with Gasteiger partial charge in [0.05, 0.1) is 21.3 Å². The fraction of sp³-hybridized carbons (Fsp3) is 0.455. The van der Waals surface area contributed by atoms with Gasteiger partial charge < -0.3 is 19.3 Å². The smallest absolute Gasteiger partial charge is 0.168 e. The lowest BCUT2D eigenvalue weighted by atomic mass is 9.76. The summed E-state index contributed by atoms with van der Waals surface area (Å²) < 4.78 is 16.9. The highest BCUT2D eigenvalue weighted by Gasteiger charge is 2.37. The number of phenols is 1. The van der Waals surface area contributed by atoms with Gasteiger partial charge in [0.1, 0.15) is 0 Å². The van der Waals surface area contributed by atoms with E-state index in [0.717, 1.165) is 60.5 Å². The largest absolute Gasteiger partial charge is 0.504 e. The van der Waals surface area contributed by atoms with Crippen LogP contribution in [0.3, 0.4) is 0 Å². The summed E-state index contributed by atoms with van der Waals surface area (Å²) in [4.78, 5) is 2.56. The van der Waals surface area contributed by atoms with Crippen LogP contribution < -0.4 is 14.2 Å². The average Bonchev–Trinajstić information content (AvgIpc) is 2.68. The molecule has 0 aromatic heterocycles. The first-order valence-corrected chi connectivity index (χ1v) is 9.54. The molecule has 0 spiro atoms. The summed E-state index contributed by atoms with van der Waals surface area (Å²) in [5, 5.41) is 10.3. The van der Waals surface area contributed by atoms with Crippen molar-refractivity contribution in [1.82, 2.24) is 4.90 Å². The summed E-state index contributed by atoms with van der Waals surface area (Å²) in [7, 11) is 4.95. The van der Waals surface area contributed by atoms with Crippen LogP contribution in [0.15, 0.2) is 18.2 Å². The monoisotopic (exact) mass is 405 g/mol. The Morgan fingerprint density at radius 2 is 1.79 bits per heavy atom. The maximum atomic E-state index is 10.3. The molecule has 1 heterocycles. The summed E-state index contributed by atoms with van der Waals surface area (Å²) in [6.45, 7) is 4.33. The van der Waals surface area contributed by atoms with Crippen LogP contribution in [0.5, 0.6) is 23.0 Å². The van der Waals surface area contributed by atoms with Gasteiger partial charge in [-0.2, -0.15) is 0 Å². The van der Waals surface area contributed by atoms with E-state index in [1.54, 1.807) is 21.3 Å². The Morgan fingerprint density at radius 3 is 2.43 bits per heavy atom. The van der Waals surface area contributed by atoms with Gasteiger partial charge in [-0.3, -0.25) is 4.90 Å². The van der Waals surface area contributed by atoms with Gasteiger partial charge in [-0.05, 0) is 66.3 Å². The van der Waals surface area contributed by atoms with Gasteiger partial charge >= 0.3 is 0 Å². The topological polar surface area (TPSA) is 51.2 Å². The number of benzene rings is 2. The zero-order chi connectivity index (χ0) is 19.1. The van der Waals surface area contributed by atoms with Crippen molar-refractivity contribution in [3.8, 4) is 34.1 Å². The van der Waals surface area contributed by atoms with Gasteiger partial charge in [0, 0.05) is 18.2 Å². The number of hydrogen-bond acceptors (Lipinski definition) is 5. The number of halogens is 1. The van der Waals surface area contributed by atoms with Gasteiger partial charge in [-0.25, -0.2) is 0 Å². The third-order valence-corrected chi connectivity index (χ3v) is 5.84. The Hall–Kier alpha value is -2.11. The van der Waals surface area contributed by atoms with Crippen LogP contribution in [-0.2, 0) is 12.8 Å². The normalized spacial score (nSPS) is 17.2. The van der Waals surface area contributed by atoms with Crippen LogP contribution in [0, 0.1) is 0 Å². The highest BCUT2D eigenvalue weighted by Crippen LogP contribution is 2.54. The Morgan fingerprint density at radius 1 is 1.04 bits per heavy atom. The molecule has 2 aromatic rings. The molecule has 0 saturated carbocycles. The van der Waals surface area contributed by atoms with Crippen LogP contribution >= 0.6 is 12.4 Å². The highest BCUT2D eigenvalue weighted by atomic mass is 35.5. The third-order valence-electron chi connectivity index (χ3n) is 5.84. The number of hydrogen-bond donors (Lipinski definition) is 1. The van der Waals surface area contributed by atoms with Gasteiger partial charge in [0.25, 0.3) is 0 Å². The number of methoxy groups -OCH3 is 3. The minimum absolute atomic E-state index is 0. The van der Waals surface area contributed by atoms with Gasteiger partial charge in [-0.15, -0.1) is 12.4 Å². The molecule has 2 aliphatic rings. The van der Waals surface area contributed by atoms with Crippen LogP contribution in [0.4, 0.5) is 0 Å². The van der Waals surface area contributed by atoms with Gasteiger partial charge in [-0.1, -0.05) is 6.92 Å². The SMILES string of the molecule is CCCN1CCc2cc(OC)c(OC)c3c2[C@@H]1Cc1cc(O)c(OC)cc1-3.Cl. The minimum Gasteiger partial charge on any atom is -0.504 e. The Kier molecular flexibility index (Phi) is 5.96. The van der Waals surface area contributed by atoms with E-state index < -0.39 is 0 Å². The number of phenolic OH excluding ortho intramolecular Hbond substituents is 1. The van der Waals surface area contributed by atoms with Crippen LogP contribution in [0.1, 0.15) is 36.1 Å². The van der Waals surface area contributed by atoms with Crippen molar-refractivity contribution in [2.75, 3.05) is 34.4 Å². The summed E-state index contributed by atoms with van der Waals surface area (Å²) in [6.07, 6.45) is 3.00. The molecule has 5 nitrogen and oxygen atoms in total. The number of aromatic hydroxyl groups is 1. The van der Waals surface area contributed by atoms with E-state index >= 15 is 0 Å². The summed E-state index contributed by atoms with van der Waals surface area (Å²) in [5.41, 5.74) is 5.93. The van der Waals surface area contributed by atoms with E-state index in [-0.39, 0.29) is 18.2 Å². The number of rotatable bonds is 5. The van der Waals surface area contributed by atoms with Crippen LogP contribution in [0.25, 0.3) is 11.1 Å². The number of nitrogens with zero attached hydrogens (tertiary/aromatic N) is 1. The first-order valence-electron chi connectivity index (χ1n) is 9.54. The predicted octanol–water partition coefficient (Wildman–Crippen LogP) is 4.37. The lowest BCUT2D eigenvalue weighted by molar-refractivity contribution is 0.182.